The lowest BCUT2D eigenvalue weighted by Crippen LogP contribution is -2.52. The monoisotopic (exact) mass is 338 g/mol. The number of nitrogens with one attached hydrogen (secondary N) is 2. The second-order valence-corrected chi connectivity index (χ2v) is 6.14. The molecule has 20 heavy (non-hydrogen) atoms. The van der Waals surface area contributed by atoms with Crippen molar-refractivity contribution in [3.05, 3.63) is 28.2 Å². The summed E-state index contributed by atoms with van der Waals surface area (Å²) in [7, 11) is 1.95. The fourth-order valence-corrected chi connectivity index (χ4v) is 3.41. The summed E-state index contributed by atoms with van der Waals surface area (Å²) >= 11 is 3.64. The van der Waals surface area contributed by atoms with Crippen LogP contribution in [0.2, 0.25) is 0 Å². The predicted octanol–water partition coefficient (Wildman–Crippen LogP) is 1.38. The van der Waals surface area contributed by atoms with Crippen LogP contribution < -0.4 is 15.5 Å². The lowest BCUT2D eigenvalue weighted by Gasteiger charge is -2.38. The van der Waals surface area contributed by atoms with Crippen molar-refractivity contribution in [3.63, 3.8) is 0 Å². The Morgan fingerprint density at radius 1 is 1.45 bits per heavy atom. The van der Waals surface area contributed by atoms with Crippen LogP contribution in [0, 0.1) is 0 Å². The average Bonchev–Trinajstić information content (AvgIpc) is 2.82. The van der Waals surface area contributed by atoms with Crippen LogP contribution in [0.4, 0.5) is 10.5 Å². The minimum Gasteiger partial charge on any atom is -0.368 e. The molecular formula is C14H19BrN4O. The second-order valence-electron chi connectivity index (χ2n) is 5.29. The van der Waals surface area contributed by atoms with E-state index in [9.17, 15) is 4.79 Å². The molecule has 0 spiro atoms. The molecule has 0 saturated carbocycles. The number of hydrogen-bond acceptors (Lipinski definition) is 3. The van der Waals surface area contributed by atoms with Crippen molar-refractivity contribution in [1.82, 2.24) is 15.5 Å². The van der Waals surface area contributed by atoms with Gasteiger partial charge in [0.2, 0.25) is 0 Å². The van der Waals surface area contributed by atoms with E-state index in [0.717, 1.165) is 37.2 Å². The molecule has 1 aromatic carbocycles. The van der Waals surface area contributed by atoms with E-state index in [1.165, 1.54) is 11.3 Å². The topological polar surface area (TPSA) is 47.6 Å². The highest BCUT2D eigenvalue weighted by atomic mass is 79.9. The Kier molecular flexibility index (Phi) is 3.85. The smallest absolute Gasteiger partial charge is 0.317 e. The third-order valence-electron chi connectivity index (χ3n) is 4.00. The molecule has 0 bridgehead atoms. The van der Waals surface area contributed by atoms with Gasteiger partial charge in [-0.3, -0.25) is 0 Å². The highest BCUT2D eigenvalue weighted by molar-refractivity contribution is 9.10. The molecule has 1 aromatic rings. The maximum atomic E-state index is 11.6. The lowest BCUT2D eigenvalue weighted by molar-refractivity contribution is 0.197. The van der Waals surface area contributed by atoms with Gasteiger partial charge in [-0.15, -0.1) is 0 Å². The maximum Gasteiger partial charge on any atom is 0.317 e. The van der Waals surface area contributed by atoms with E-state index in [1.54, 1.807) is 0 Å². The lowest BCUT2D eigenvalue weighted by atomic mass is 10.1. The number of fused-ring (bicyclic) bond motifs is 1. The third-order valence-corrected chi connectivity index (χ3v) is 4.74. The van der Waals surface area contributed by atoms with E-state index in [0.29, 0.717) is 6.04 Å². The first-order valence-electron chi connectivity index (χ1n) is 6.91. The third kappa shape index (κ3) is 2.50. The molecule has 6 heteroatoms. The molecule has 0 aliphatic carbocycles. The van der Waals surface area contributed by atoms with E-state index in [2.05, 4.69) is 49.7 Å². The van der Waals surface area contributed by atoms with Gasteiger partial charge in [-0.2, -0.15) is 0 Å². The number of amides is 2. The van der Waals surface area contributed by atoms with Crippen molar-refractivity contribution in [1.29, 1.82) is 0 Å². The molecule has 2 aliphatic rings. The van der Waals surface area contributed by atoms with E-state index in [4.69, 9.17) is 0 Å². The summed E-state index contributed by atoms with van der Waals surface area (Å²) in [5.41, 5.74) is 2.48. The number of carbonyl (C=O) groups is 1. The first kappa shape index (κ1) is 13.7. The van der Waals surface area contributed by atoms with Crippen LogP contribution in [0.3, 0.4) is 0 Å². The number of rotatable bonds is 3. The average molecular weight is 339 g/mol. The number of benzene rings is 1. The Hall–Kier alpha value is -1.27. The molecule has 2 fully saturated rings. The van der Waals surface area contributed by atoms with Gasteiger partial charge in [-0.05, 0) is 24.7 Å². The molecule has 108 valence electrons. The SMILES string of the molecule is CNCc1ccc(N2CCN3C(=O)NCC3C2)cc1Br. The van der Waals surface area contributed by atoms with Crippen molar-refractivity contribution in [2.24, 2.45) is 0 Å². The number of anilines is 1. The molecule has 5 nitrogen and oxygen atoms in total. The van der Waals surface area contributed by atoms with E-state index >= 15 is 0 Å². The number of hydrogen-bond donors (Lipinski definition) is 2. The largest absolute Gasteiger partial charge is 0.368 e. The van der Waals surface area contributed by atoms with Gasteiger partial charge in [0.25, 0.3) is 0 Å². The molecule has 2 heterocycles. The molecule has 2 saturated heterocycles. The highest BCUT2D eigenvalue weighted by Crippen LogP contribution is 2.26. The highest BCUT2D eigenvalue weighted by Gasteiger charge is 2.35. The molecular weight excluding hydrogens is 320 g/mol. The molecule has 0 aromatic heterocycles. The predicted molar refractivity (Wildman–Crippen MR) is 83.0 cm³/mol. The molecule has 2 amide bonds. The van der Waals surface area contributed by atoms with Crippen molar-refractivity contribution >= 4 is 27.6 Å². The van der Waals surface area contributed by atoms with Gasteiger partial charge in [0.1, 0.15) is 0 Å². The van der Waals surface area contributed by atoms with E-state index in [1.807, 2.05) is 11.9 Å². The first-order valence-corrected chi connectivity index (χ1v) is 7.71. The van der Waals surface area contributed by atoms with Crippen molar-refractivity contribution in [2.45, 2.75) is 12.6 Å². The van der Waals surface area contributed by atoms with Gasteiger partial charge in [0.05, 0.1) is 6.04 Å². The van der Waals surface area contributed by atoms with E-state index < -0.39 is 0 Å². The summed E-state index contributed by atoms with van der Waals surface area (Å²) < 4.78 is 1.13. The summed E-state index contributed by atoms with van der Waals surface area (Å²) in [4.78, 5) is 15.9. The number of piperazine rings is 1. The zero-order valence-corrected chi connectivity index (χ0v) is 13.1. The number of carbonyl (C=O) groups excluding carboxylic acids is 1. The zero-order valence-electron chi connectivity index (χ0n) is 11.5. The van der Waals surface area contributed by atoms with E-state index in [-0.39, 0.29) is 6.03 Å². The zero-order chi connectivity index (χ0) is 14.1. The molecule has 0 radical (unpaired) electrons. The van der Waals surface area contributed by atoms with Gasteiger partial charge in [-0.25, -0.2) is 4.79 Å². The van der Waals surface area contributed by atoms with Crippen LogP contribution in [0.5, 0.6) is 0 Å². The van der Waals surface area contributed by atoms with Crippen LogP contribution in [0.1, 0.15) is 5.56 Å². The fraction of sp³-hybridized carbons (Fsp3) is 0.500. The normalized spacial score (nSPS) is 21.9. The molecule has 1 atom stereocenters. The van der Waals surface area contributed by atoms with Crippen LogP contribution >= 0.6 is 15.9 Å². The van der Waals surface area contributed by atoms with Crippen molar-refractivity contribution in [3.8, 4) is 0 Å². The van der Waals surface area contributed by atoms with Crippen molar-refractivity contribution in [2.75, 3.05) is 38.1 Å². The van der Waals surface area contributed by atoms with Crippen LogP contribution in [-0.4, -0.2) is 50.2 Å². The molecule has 2 N–H and O–H groups in total. The molecule has 1 unspecified atom stereocenters. The number of halogens is 1. The first-order chi connectivity index (χ1) is 9.69. The van der Waals surface area contributed by atoms with Crippen molar-refractivity contribution < 1.29 is 4.79 Å². The number of nitrogens with zero attached hydrogens (tertiary/aromatic N) is 2. The second kappa shape index (κ2) is 5.61. The summed E-state index contributed by atoms with van der Waals surface area (Å²) in [5.74, 6) is 0. The maximum absolute atomic E-state index is 11.6. The summed E-state index contributed by atoms with van der Waals surface area (Å²) in [6.07, 6.45) is 0. The Morgan fingerprint density at radius 3 is 3.05 bits per heavy atom. The van der Waals surface area contributed by atoms with Gasteiger partial charge >= 0.3 is 6.03 Å². The van der Waals surface area contributed by atoms with Gasteiger partial charge < -0.3 is 20.4 Å². The van der Waals surface area contributed by atoms with Crippen LogP contribution in [-0.2, 0) is 6.54 Å². The van der Waals surface area contributed by atoms with Gasteiger partial charge in [0, 0.05) is 42.9 Å². The Balaban J connectivity index is 1.74. The fourth-order valence-electron chi connectivity index (χ4n) is 2.91. The van der Waals surface area contributed by atoms with Gasteiger partial charge in [-0.1, -0.05) is 22.0 Å². The number of urea groups is 1. The van der Waals surface area contributed by atoms with Gasteiger partial charge in [0.15, 0.2) is 0 Å². The Morgan fingerprint density at radius 2 is 2.30 bits per heavy atom. The summed E-state index contributed by atoms with van der Waals surface area (Å²) in [5, 5.41) is 6.08. The minimum atomic E-state index is 0.0835. The quantitative estimate of drug-likeness (QED) is 0.875. The molecule has 3 rings (SSSR count). The minimum absolute atomic E-state index is 0.0835. The summed E-state index contributed by atoms with van der Waals surface area (Å²) in [6, 6.07) is 6.87. The Labute approximate surface area is 127 Å². The molecule has 2 aliphatic heterocycles. The van der Waals surface area contributed by atoms with Crippen LogP contribution in [0.25, 0.3) is 0 Å². The summed E-state index contributed by atoms with van der Waals surface area (Å²) in [6.45, 7) is 4.20. The standard InChI is InChI=1S/C14H19BrN4O/c1-16-7-10-2-3-11(6-13(10)15)18-4-5-19-12(9-18)8-17-14(19)20/h2-3,6,12,16H,4-5,7-9H2,1H3,(H,17,20). The van der Waals surface area contributed by atoms with Crippen LogP contribution in [0.15, 0.2) is 22.7 Å². The Bertz CT molecular complexity index is 522.